The highest BCUT2D eigenvalue weighted by atomic mass is 16.3. The second-order valence-electron chi connectivity index (χ2n) is 7.52. The number of ketones is 1. The zero-order valence-corrected chi connectivity index (χ0v) is 12.3. The molecule has 0 aromatic carbocycles. The molecule has 0 radical (unpaired) electrons. The molecule has 3 nitrogen and oxygen atoms in total. The Morgan fingerprint density at radius 2 is 1.80 bits per heavy atom. The predicted molar refractivity (Wildman–Crippen MR) is 79.1 cm³/mol. The number of hydrogen-bond acceptors (Lipinski definition) is 3. The molecule has 4 rings (SSSR count). The lowest BCUT2D eigenvalue weighted by atomic mass is 9.48. The molecule has 1 atom stereocenters. The molecule has 0 amide bonds. The summed E-state index contributed by atoms with van der Waals surface area (Å²) in [5.41, 5.74) is 0.350. The summed E-state index contributed by atoms with van der Waals surface area (Å²) in [6, 6.07) is 0. The van der Waals surface area contributed by atoms with Crippen LogP contribution in [0.15, 0.2) is 12.7 Å². The van der Waals surface area contributed by atoms with E-state index < -0.39 is 6.23 Å². The quantitative estimate of drug-likeness (QED) is 0.555. The van der Waals surface area contributed by atoms with Crippen molar-refractivity contribution in [3.05, 3.63) is 12.7 Å². The fourth-order valence-electron chi connectivity index (χ4n) is 5.46. The summed E-state index contributed by atoms with van der Waals surface area (Å²) in [5.74, 6) is 3.11. The highest BCUT2D eigenvalue weighted by molar-refractivity contribution is 5.79. The summed E-state index contributed by atoms with van der Waals surface area (Å²) in [4.78, 5) is 12.2. The van der Waals surface area contributed by atoms with Crippen LogP contribution in [0.25, 0.3) is 0 Å². The van der Waals surface area contributed by atoms with E-state index in [1.807, 2.05) is 0 Å². The number of Topliss-reactive ketones (excluding diaryl/α,β-unsaturated/α-hetero) is 1. The summed E-state index contributed by atoms with van der Waals surface area (Å²) >= 11 is 0. The number of hydrogen-bond donors (Lipinski definition) is 2. The van der Waals surface area contributed by atoms with Gasteiger partial charge in [0, 0.05) is 19.4 Å². The lowest BCUT2D eigenvalue weighted by Gasteiger charge is -2.56. The third-order valence-corrected chi connectivity index (χ3v) is 5.72. The van der Waals surface area contributed by atoms with Gasteiger partial charge in [0.15, 0.2) is 0 Å². The van der Waals surface area contributed by atoms with E-state index in [-0.39, 0.29) is 0 Å². The van der Waals surface area contributed by atoms with Gasteiger partial charge in [-0.3, -0.25) is 10.1 Å². The monoisotopic (exact) mass is 277 g/mol. The van der Waals surface area contributed by atoms with Gasteiger partial charge < -0.3 is 5.11 Å². The lowest BCUT2D eigenvalue weighted by Crippen LogP contribution is -2.47. The van der Waals surface area contributed by atoms with E-state index in [4.69, 9.17) is 0 Å². The van der Waals surface area contributed by atoms with E-state index in [2.05, 4.69) is 11.9 Å². The molecule has 4 aliphatic carbocycles. The van der Waals surface area contributed by atoms with E-state index in [1.165, 1.54) is 44.6 Å². The van der Waals surface area contributed by atoms with Crippen molar-refractivity contribution >= 4 is 5.78 Å². The maximum atomic E-state index is 12.2. The van der Waals surface area contributed by atoms with Gasteiger partial charge in [-0.05, 0) is 67.8 Å². The van der Waals surface area contributed by atoms with Crippen LogP contribution >= 0.6 is 0 Å². The molecular formula is C17H27NO2. The Balaban J connectivity index is 1.50. The van der Waals surface area contributed by atoms with Crippen molar-refractivity contribution in [3.63, 3.8) is 0 Å². The van der Waals surface area contributed by atoms with Crippen LogP contribution in [-0.4, -0.2) is 23.7 Å². The molecule has 4 saturated carbocycles. The third-order valence-electron chi connectivity index (χ3n) is 5.72. The molecule has 20 heavy (non-hydrogen) atoms. The minimum Gasteiger partial charge on any atom is -0.375 e. The lowest BCUT2D eigenvalue weighted by molar-refractivity contribution is -0.127. The normalized spacial score (nSPS) is 39.8. The number of aliphatic hydroxyl groups excluding tert-OH is 1. The molecule has 2 N–H and O–H groups in total. The smallest absolute Gasteiger partial charge is 0.134 e. The van der Waals surface area contributed by atoms with E-state index in [0.29, 0.717) is 24.2 Å². The molecule has 3 heteroatoms. The fraction of sp³-hybridized carbons (Fsp3) is 0.824. The number of nitrogens with one attached hydrogen (secondary N) is 1. The van der Waals surface area contributed by atoms with E-state index >= 15 is 0 Å². The van der Waals surface area contributed by atoms with Crippen molar-refractivity contribution in [1.29, 1.82) is 0 Å². The van der Waals surface area contributed by atoms with Crippen LogP contribution in [0.2, 0.25) is 0 Å². The Hall–Kier alpha value is -0.670. The number of carbonyl (C=O) groups is 1. The zero-order chi connectivity index (χ0) is 14.2. The molecule has 0 spiro atoms. The minimum absolute atomic E-state index is 0.350. The molecule has 0 aromatic rings. The maximum absolute atomic E-state index is 12.2. The summed E-state index contributed by atoms with van der Waals surface area (Å²) < 4.78 is 0. The van der Waals surface area contributed by atoms with Gasteiger partial charge in [-0.2, -0.15) is 0 Å². The van der Waals surface area contributed by atoms with Crippen molar-refractivity contribution in [2.45, 2.75) is 57.6 Å². The van der Waals surface area contributed by atoms with Crippen LogP contribution < -0.4 is 5.32 Å². The standard InChI is InChI=1S/C17H27NO2/c1-2-16(20)18-4-3-15(19)11-17-8-12-5-13(9-17)7-14(6-12)10-17/h2,12-14,16,18,20H,1,3-11H2. The van der Waals surface area contributed by atoms with E-state index in [9.17, 15) is 9.90 Å². The Labute approximate surface area is 121 Å². The van der Waals surface area contributed by atoms with Crippen molar-refractivity contribution in [2.24, 2.45) is 23.2 Å². The predicted octanol–water partition coefficient (Wildman–Crippen LogP) is 2.65. The van der Waals surface area contributed by atoms with Crippen LogP contribution in [0.1, 0.15) is 51.4 Å². The summed E-state index contributed by atoms with van der Waals surface area (Å²) in [7, 11) is 0. The first-order valence-electron chi connectivity index (χ1n) is 8.14. The highest BCUT2D eigenvalue weighted by Gasteiger charge is 2.51. The van der Waals surface area contributed by atoms with Crippen molar-refractivity contribution in [1.82, 2.24) is 5.32 Å². The molecule has 0 heterocycles. The van der Waals surface area contributed by atoms with E-state index in [0.717, 1.165) is 24.2 Å². The first-order valence-corrected chi connectivity index (χ1v) is 8.14. The largest absolute Gasteiger partial charge is 0.375 e. The maximum Gasteiger partial charge on any atom is 0.134 e. The van der Waals surface area contributed by atoms with Gasteiger partial charge >= 0.3 is 0 Å². The van der Waals surface area contributed by atoms with Gasteiger partial charge in [-0.1, -0.05) is 6.58 Å². The van der Waals surface area contributed by atoms with E-state index in [1.54, 1.807) is 0 Å². The van der Waals surface area contributed by atoms with Gasteiger partial charge in [0.05, 0.1) is 0 Å². The van der Waals surface area contributed by atoms with Crippen molar-refractivity contribution < 1.29 is 9.90 Å². The van der Waals surface area contributed by atoms with Crippen LogP contribution in [0, 0.1) is 23.2 Å². The summed E-state index contributed by atoms with van der Waals surface area (Å²) in [5, 5.41) is 12.2. The Kier molecular flexibility index (Phi) is 4.00. The second kappa shape index (κ2) is 5.61. The summed E-state index contributed by atoms with van der Waals surface area (Å²) in [6.07, 6.45) is 10.3. The van der Waals surface area contributed by atoms with Crippen LogP contribution in [0.4, 0.5) is 0 Å². The average Bonchev–Trinajstić information content (AvgIpc) is 2.36. The molecule has 1 unspecified atom stereocenters. The summed E-state index contributed by atoms with van der Waals surface area (Å²) in [6.45, 7) is 4.06. The first kappa shape index (κ1) is 14.3. The molecular weight excluding hydrogens is 250 g/mol. The molecule has 0 saturated heterocycles. The topological polar surface area (TPSA) is 49.3 Å². The number of rotatable bonds is 7. The zero-order valence-electron chi connectivity index (χ0n) is 12.3. The van der Waals surface area contributed by atoms with Crippen LogP contribution in [0.5, 0.6) is 0 Å². The second-order valence-corrected chi connectivity index (χ2v) is 7.52. The minimum atomic E-state index is -0.692. The average molecular weight is 277 g/mol. The molecule has 0 aromatic heterocycles. The van der Waals surface area contributed by atoms with Gasteiger partial charge in [0.2, 0.25) is 0 Å². The van der Waals surface area contributed by atoms with Gasteiger partial charge in [0.25, 0.3) is 0 Å². The van der Waals surface area contributed by atoms with Crippen LogP contribution in [-0.2, 0) is 4.79 Å². The fourth-order valence-corrected chi connectivity index (χ4v) is 5.46. The Morgan fingerprint density at radius 3 is 2.30 bits per heavy atom. The molecule has 112 valence electrons. The SMILES string of the molecule is C=CC(O)NCCC(=O)CC12CC3CC(CC(C3)C1)C2. The molecule has 4 bridgehead atoms. The van der Waals surface area contributed by atoms with Crippen molar-refractivity contribution in [3.8, 4) is 0 Å². The van der Waals surface area contributed by atoms with Gasteiger partial charge in [-0.25, -0.2) is 0 Å². The highest BCUT2D eigenvalue weighted by Crippen LogP contribution is 2.61. The van der Waals surface area contributed by atoms with Gasteiger partial charge in [-0.15, -0.1) is 0 Å². The number of carbonyl (C=O) groups excluding carboxylic acids is 1. The Morgan fingerprint density at radius 1 is 1.25 bits per heavy atom. The molecule has 4 fully saturated rings. The molecule has 4 aliphatic rings. The van der Waals surface area contributed by atoms with Crippen molar-refractivity contribution in [2.75, 3.05) is 6.54 Å². The van der Waals surface area contributed by atoms with Crippen LogP contribution in [0.3, 0.4) is 0 Å². The van der Waals surface area contributed by atoms with Gasteiger partial charge in [0.1, 0.15) is 12.0 Å². The first-order chi connectivity index (χ1) is 9.58. The number of aliphatic hydroxyl groups is 1. The third kappa shape index (κ3) is 2.99. The molecule has 0 aliphatic heterocycles. The Bertz CT molecular complexity index is 355.